The summed E-state index contributed by atoms with van der Waals surface area (Å²) >= 11 is 5.70. The summed E-state index contributed by atoms with van der Waals surface area (Å²) in [5.74, 6) is 0.556. The maximum Gasteiger partial charge on any atom is 0.223 e. The molecule has 0 saturated carbocycles. The molecule has 0 bridgehead atoms. The summed E-state index contributed by atoms with van der Waals surface area (Å²) in [7, 11) is 0. The Balaban J connectivity index is 2.08. The number of aromatic nitrogens is 3. The minimum atomic E-state index is 0.106. The summed E-state index contributed by atoms with van der Waals surface area (Å²) in [5, 5.41) is 3.69. The van der Waals surface area contributed by atoms with Crippen molar-refractivity contribution >= 4 is 17.5 Å². The zero-order valence-corrected chi connectivity index (χ0v) is 9.52. The van der Waals surface area contributed by atoms with E-state index in [1.807, 2.05) is 25.3 Å². The van der Waals surface area contributed by atoms with Crippen molar-refractivity contribution in [2.24, 2.45) is 0 Å². The SMILES string of the molecule is CC(Nc1ncc(Cl)cn1)c1cccnc1. The lowest BCUT2D eigenvalue weighted by molar-refractivity contribution is 0.853. The number of pyridine rings is 1. The van der Waals surface area contributed by atoms with Crippen LogP contribution in [0.1, 0.15) is 18.5 Å². The average molecular weight is 235 g/mol. The minimum absolute atomic E-state index is 0.106. The number of hydrogen-bond acceptors (Lipinski definition) is 4. The first-order valence-electron chi connectivity index (χ1n) is 4.90. The van der Waals surface area contributed by atoms with Crippen molar-refractivity contribution in [2.75, 3.05) is 5.32 Å². The van der Waals surface area contributed by atoms with Crippen LogP contribution >= 0.6 is 11.6 Å². The number of nitrogens with one attached hydrogen (secondary N) is 1. The summed E-state index contributed by atoms with van der Waals surface area (Å²) in [6.45, 7) is 2.02. The molecule has 1 unspecified atom stereocenters. The van der Waals surface area contributed by atoms with Crippen LogP contribution in [0.2, 0.25) is 5.02 Å². The molecule has 0 fully saturated rings. The van der Waals surface area contributed by atoms with Crippen LogP contribution in [-0.4, -0.2) is 15.0 Å². The van der Waals surface area contributed by atoms with Crippen molar-refractivity contribution < 1.29 is 0 Å². The fourth-order valence-corrected chi connectivity index (χ4v) is 1.39. The Kier molecular flexibility index (Phi) is 3.31. The molecule has 0 aromatic carbocycles. The molecule has 1 N–H and O–H groups in total. The highest BCUT2D eigenvalue weighted by Crippen LogP contribution is 2.15. The van der Waals surface area contributed by atoms with E-state index >= 15 is 0 Å². The summed E-state index contributed by atoms with van der Waals surface area (Å²) in [4.78, 5) is 12.2. The van der Waals surface area contributed by atoms with E-state index < -0.39 is 0 Å². The van der Waals surface area contributed by atoms with E-state index in [0.29, 0.717) is 11.0 Å². The van der Waals surface area contributed by atoms with Crippen molar-refractivity contribution in [3.05, 3.63) is 47.5 Å². The van der Waals surface area contributed by atoms with E-state index in [4.69, 9.17) is 11.6 Å². The maximum absolute atomic E-state index is 5.70. The molecule has 0 amide bonds. The molecule has 4 nitrogen and oxygen atoms in total. The average Bonchev–Trinajstić information content (AvgIpc) is 2.33. The Labute approximate surface area is 98.7 Å². The van der Waals surface area contributed by atoms with Crippen molar-refractivity contribution in [1.82, 2.24) is 15.0 Å². The second kappa shape index (κ2) is 4.90. The van der Waals surface area contributed by atoms with Gasteiger partial charge in [-0.3, -0.25) is 4.98 Å². The highest BCUT2D eigenvalue weighted by molar-refractivity contribution is 6.30. The van der Waals surface area contributed by atoms with E-state index in [0.717, 1.165) is 5.56 Å². The van der Waals surface area contributed by atoms with Gasteiger partial charge in [-0.25, -0.2) is 9.97 Å². The van der Waals surface area contributed by atoms with Crippen LogP contribution in [0.25, 0.3) is 0 Å². The third-order valence-corrected chi connectivity index (χ3v) is 2.35. The Hall–Kier alpha value is -1.68. The van der Waals surface area contributed by atoms with Gasteiger partial charge in [-0.2, -0.15) is 0 Å². The second-order valence-corrected chi connectivity index (χ2v) is 3.81. The van der Waals surface area contributed by atoms with Gasteiger partial charge in [-0.05, 0) is 18.6 Å². The Morgan fingerprint density at radius 2 is 2.00 bits per heavy atom. The van der Waals surface area contributed by atoms with Gasteiger partial charge in [-0.15, -0.1) is 0 Å². The molecule has 1 atom stereocenters. The zero-order chi connectivity index (χ0) is 11.4. The van der Waals surface area contributed by atoms with Crippen LogP contribution < -0.4 is 5.32 Å². The predicted molar refractivity (Wildman–Crippen MR) is 63.3 cm³/mol. The molecule has 0 aliphatic heterocycles. The smallest absolute Gasteiger partial charge is 0.223 e. The molecule has 2 rings (SSSR count). The minimum Gasteiger partial charge on any atom is -0.348 e. The third kappa shape index (κ3) is 2.67. The van der Waals surface area contributed by atoms with Crippen molar-refractivity contribution in [3.63, 3.8) is 0 Å². The quantitative estimate of drug-likeness (QED) is 0.887. The van der Waals surface area contributed by atoms with Crippen molar-refractivity contribution in [1.29, 1.82) is 0 Å². The number of hydrogen-bond donors (Lipinski definition) is 1. The second-order valence-electron chi connectivity index (χ2n) is 3.38. The summed E-state index contributed by atoms with van der Waals surface area (Å²) < 4.78 is 0. The van der Waals surface area contributed by atoms with Gasteiger partial charge in [0.1, 0.15) is 0 Å². The highest BCUT2D eigenvalue weighted by Gasteiger charge is 2.06. The van der Waals surface area contributed by atoms with Gasteiger partial charge in [0.05, 0.1) is 23.5 Å². The van der Waals surface area contributed by atoms with E-state index in [9.17, 15) is 0 Å². The van der Waals surface area contributed by atoms with E-state index in [1.165, 1.54) is 0 Å². The third-order valence-electron chi connectivity index (χ3n) is 2.15. The molecule has 2 heterocycles. The fraction of sp³-hybridized carbons (Fsp3) is 0.182. The molecule has 16 heavy (non-hydrogen) atoms. The van der Waals surface area contributed by atoms with Crippen LogP contribution in [0.4, 0.5) is 5.95 Å². The predicted octanol–water partition coefficient (Wildman–Crippen LogP) is 2.70. The van der Waals surface area contributed by atoms with E-state index in [1.54, 1.807) is 18.6 Å². The first kappa shape index (κ1) is 10.8. The molecule has 0 spiro atoms. The normalized spacial score (nSPS) is 12.1. The topological polar surface area (TPSA) is 50.7 Å². The highest BCUT2D eigenvalue weighted by atomic mass is 35.5. The number of rotatable bonds is 3. The largest absolute Gasteiger partial charge is 0.348 e. The molecule has 0 radical (unpaired) electrons. The van der Waals surface area contributed by atoms with Crippen LogP contribution in [0, 0.1) is 0 Å². The van der Waals surface area contributed by atoms with Gasteiger partial charge in [0.15, 0.2) is 0 Å². The lowest BCUT2D eigenvalue weighted by Crippen LogP contribution is -2.09. The van der Waals surface area contributed by atoms with Gasteiger partial charge >= 0.3 is 0 Å². The first-order valence-corrected chi connectivity index (χ1v) is 5.27. The zero-order valence-electron chi connectivity index (χ0n) is 8.76. The van der Waals surface area contributed by atoms with Crippen molar-refractivity contribution in [2.45, 2.75) is 13.0 Å². The van der Waals surface area contributed by atoms with E-state index in [-0.39, 0.29) is 6.04 Å². The van der Waals surface area contributed by atoms with Crippen LogP contribution in [0.5, 0.6) is 0 Å². The summed E-state index contributed by atoms with van der Waals surface area (Å²) in [5.41, 5.74) is 1.08. The molecule has 0 aliphatic carbocycles. The maximum atomic E-state index is 5.70. The monoisotopic (exact) mass is 234 g/mol. The summed E-state index contributed by atoms with van der Waals surface area (Å²) in [6.07, 6.45) is 6.68. The Morgan fingerprint density at radius 3 is 2.62 bits per heavy atom. The van der Waals surface area contributed by atoms with E-state index in [2.05, 4.69) is 20.3 Å². The molecular formula is C11H11ClN4. The molecule has 2 aromatic heterocycles. The molecule has 0 aliphatic rings. The van der Waals surface area contributed by atoms with Gasteiger partial charge in [0.2, 0.25) is 5.95 Å². The molecule has 0 saturated heterocycles. The first-order chi connectivity index (χ1) is 7.75. The van der Waals surface area contributed by atoms with Crippen LogP contribution in [0.15, 0.2) is 36.9 Å². The van der Waals surface area contributed by atoms with Gasteiger partial charge in [0.25, 0.3) is 0 Å². The van der Waals surface area contributed by atoms with Crippen LogP contribution in [0.3, 0.4) is 0 Å². The van der Waals surface area contributed by atoms with Crippen molar-refractivity contribution in [3.8, 4) is 0 Å². The molecule has 5 heteroatoms. The fourth-order valence-electron chi connectivity index (χ4n) is 1.30. The number of anilines is 1. The van der Waals surface area contributed by atoms with Gasteiger partial charge < -0.3 is 5.32 Å². The Bertz CT molecular complexity index is 443. The Morgan fingerprint density at radius 1 is 1.25 bits per heavy atom. The summed E-state index contributed by atoms with van der Waals surface area (Å²) in [6, 6.07) is 4.01. The number of nitrogens with zero attached hydrogens (tertiary/aromatic N) is 3. The van der Waals surface area contributed by atoms with Gasteiger partial charge in [-0.1, -0.05) is 17.7 Å². The lowest BCUT2D eigenvalue weighted by Gasteiger charge is -2.13. The molecule has 82 valence electrons. The molecule has 2 aromatic rings. The standard InChI is InChI=1S/C11H11ClN4/c1-8(9-3-2-4-13-5-9)16-11-14-6-10(12)7-15-11/h2-8H,1H3,(H,14,15,16). The molecular weight excluding hydrogens is 224 g/mol. The van der Waals surface area contributed by atoms with Crippen LogP contribution in [-0.2, 0) is 0 Å². The van der Waals surface area contributed by atoms with Gasteiger partial charge in [0, 0.05) is 12.4 Å². The number of halogens is 1. The lowest BCUT2D eigenvalue weighted by atomic mass is 10.1.